The molecular weight excluding hydrogens is 465 g/mol. The maximum atomic E-state index is 12.8. The molecule has 2 unspecified atom stereocenters. The van der Waals surface area contributed by atoms with Gasteiger partial charge in [0.25, 0.3) is 5.56 Å². The molecule has 0 aliphatic carbocycles. The zero-order valence-electron chi connectivity index (χ0n) is 14.8. The highest BCUT2D eigenvalue weighted by Crippen LogP contribution is 2.25. The Labute approximate surface area is 170 Å². The summed E-state index contributed by atoms with van der Waals surface area (Å²) in [6.45, 7) is 0.933. The predicted molar refractivity (Wildman–Crippen MR) is 112 cm³/mol. The Morgan fingerprint density at radius 1 is 1.50 bits per heavy atom. The van der Waals surface area contributed by atoms with Gasteiger partial charge in [-0.25, -0.2) is 4.98 Å². The Bertz CT molecular complexity index is 871. The van der Waals surface area contributed by atoms with E-state index in [4.69, 9.17) is 4.74 Å². The third kappa shape index (κ3) is 4.29. The first kappa shape index (κ1) is 19.8. The monoisotopic (exact) mass is 487 g/mol. The summed E-state index contributed by atoms with van der Waals surface area (Å²) < 4.78 is 7.95. The predicted octanol–water partition coefficient (Wildman–Crippen LogP) is 2.45. The fourth-order valence-electron chi connectivity index (χ4n) is 3.34. The van der Waals surface area contributed by atoms with Crippen molar-refractivity contribution in [2.75, 3.05) is 19.9 Å². The molecule has 2 heterocycles. The Morgan fingerprint density at radius 3 is 3.04 bits per heavy atom. The second kappa shape index (κ2) is 8.81. The number of thioether (sulfide) groups is 1. The Morgan fingerprint density at radius 2 is 2.31 bits per heavy atom. The highest BCUT2D eigenvalue weighted by atomic mass is 127. The maximum absolute atomic E-state index is 12.8. The fourth-order valence-corrected chi connectivity index (χ4v) is 4.94. The van der Waals surface area contributed by atoms with Crippen LogP contribution in [0.1, 0.15) is 19.3 Å². The van der Waals surface area contributed by atoms with Gasteiger partial charge in [0.15, 0.2) is 5.78 Å². The molecule has 3 rings (SSSR count). The number of halogens is 1. The van der Waals surface area contributed by atoms with Crippen molar-refractivity contribution in [1.82, 2.24) is 14.9 Å². The summed E-state index contributed by atoms with van der Waals surface area (Å²) in [5, 5.41) is 3.90. The average molecular weight is 487 g/mol. The zero-order chi connectivity index (χ0) is 18.7. The van der Waals surface area contributed by atoms with Gasteiger partial charge in [-0.1, -0.05) is 0 Å². The number of hydrogen-bond donors (Lipinski definition) is 1. The van der Waals surface area contributed by atoms with Crippen LogP contribution in [0.4, 0.5) is 0 Å². The molecular formula is C18H22IN3O3S. The number of hydrogen-bond acceptors (Lipinski definition) is 6. The quantitative estimate of drug-likeness (QED) is 0.499. The third-order valence-electron chi connectivity index (χ3n) is 4.72. The van der Waals surface area contributed by atoms with Crippen LogP contribution in [0.3, 0.4) is 0 Å². The van der Waals surface area contributed by atoms with Crippen LogP contribution in [0.5, 0.6) is 0 Å². The second-order valence-corrected chi connectivity index (χ2v) is 8.41. The standard InChI is InChI=1S/C18H22IN3O3S/c1-25-16-4-3-5-20-15(16)6-11(23)9-22-10-21-14-8-13(19)17(26-2)7-12(14)18(22)24/h7-8,10,15-16,20H,3-6,9H2,1-2H3. The molecule has 26 heavy (non-hydrogen) atoms. The van der Waals surface area contributed by atoms with Gasteiger partial charge in [-0.15, -0.1) is 11.8 Å². The Kier molecular flexibility index (Phi) is 6.70. The van der Waals surface area contributed by atoms with E-state index in [1.165, 1.54) is 10.9 Å². The maximum Gasteiger partial charge on any atom is 0.261 e. The fraction of sp³-hybridized carbons (Fsp3) is 0.500. The minimum absolute atomic E-state index is 0.00491. The molecule has 8 heteroatoms. The highest BCUT2D eigenvalue weighted by Gasteiger charge is 2.26. The van der Waals surface area contributed by atoms with Gasteiger partial charge in [0, 0.05) is 28.0 Å². The van der Waals surface area contributed by atoms with Crippen LogP contribution in [0, 0.1) is 3.57 Å². The minimum Gasteiger partial charge on any atom is -0.380 e. The van der Waals surface area contributed by atoms with Gasteiger partial charge in [0.05, 0.1) is 29.9 Å². The SMILES string of the molecule is COC1CCCNC1CC(=O)Cn1cnc2cc(I)c(SC)cc2c1=O. The molecule has 1 saturated heterocycles. The van der Waals surface area contributed by atoms with Gasteiger partial charge in [0.2, 0.25) is 0 Å². The number of aromatic nitrogens is 2. The Balaban J connectivity index is 1.80. The highest BCUT2D eigenvalue weighted by molar-refractivity contribution is 14.1. The van der Waals surface area contributed by atoms with Crippen molar-refractivity contribution in [3.63, 3.8) is 0 Å². The van der Waals surface area contributed by atoms with Crippen molar-refractivity contribution in [3.8, 4) is 0 Å². The molecule has 2 aromatic rings. The van der Waals surface area contributed by atoms with Crippen LogP contribution in [0.2, 0.25) is 0 Å². The number of benzene rings is 1. The van der Waals surface area contributed by atoms with E-state index in [-0.39, 0.29) is 30.0 Å². The number of carbonyl (C=O) groups excluding carboxylic acids is 1. The van der Waals surface area contributed by atoms with Crippen molar-refractivity contribution in [2.24, 2.45) is 0 Å². The number of nitrogens with one attached hydrogen (secondary N) is 1. The summed E-state index contributed by atoms with van der Waals surface area (Å²) in [6.07, 6.45) is 5.85. The van der Waals surface area contributed by atoms with Gasteiger partial charge in [0.1, 0.15) is 0 Å². The molecule has 0 saturated carbocycles. The van der Waals surface area contributed by atoms with E-state index in [0.717, 1.165) is 27.9 Å². The lowest BCUT2D eigenvalue weighted by atomic mass is 9.96. The van der Waals surface area contributed by atoms with E-state index in [9.17, 15) is 9.59 Å². The number of nitrogens with zero attached hydrogens (tertiary/aromatic N) is 2. The molecule has 1 aliphatic heterocycles. The van der Waals surface area contributed by atoms with Crippen molar-refractivity contribution >= 4 is 51.0 Å². The van der Waals surface area contributed by atoms with Gasteiger partial charge in [-0.2, -0.15) is 0 Å². The third-order valence-corrected chi connectivity index (χ3v) is 6.75. The number of fused-ring (bicyclic) bond motifs is 1. The smallest absolute Gasteiger partial charge is 0.261 e. The zero-order valence-corrected chi connectivity index (χ0v) is 17.8. The first-order valence-electron chi connectivity index (χ1n) is 8.54. The van der Waals surface area contributed by atoms with Crippen molar-refractivity contribution in [2.45, 2.75) is 42.8 Å². The molecule has 1 aromatic heterocycles. The summed E-state index contributed by atoms with van der Waals surface area (Å²) in [6, 6.07) is 3.78. The molecule has 0 amide bonds. The lowest BCUT2D eigenvalue weighted by Crippen LogP contribution is -2.47. The van der Waals surface area contributed by atoms with E-state index in [1.54, 1.807) is 18.9 Å². The van der Waals surface area contributed by atoms with Crippen LogP contribution in [0.25, 0.3) is 10.9 Å². The number of piperidine rings is 1. The van der Waals surface area contributed by atoms with E-state index in [0.29, 0.717) is 17.3 Å². The summed E-state index contributed by atoms with van der Waals surface area (Å²) >= 11 is 3.83. The van der Waals surface area contributed by atoms with Gasteiger partial charge < -0.3 is 10.1 Å². The molecule has 1 fully saturated rings. The number of methoxy groups -OCH3 is 1. The molecule has 6 nitrogen and oxygen atoms in total. The number of ether oxygens (including phenoxy) is 1. The van der Waals surface area contributed by atoms with Crippen LogP contribution in [0.15, 0.2) is 28.2 Å². The van der Waals surface area contributed by atoms with E-state index in [1.807, 2.05) is 18.4 Å². The molecule has 1 aromatic carbocycles. The van der Waals surface area contributed by atoms with Crippen LogP contribution in [-0.2, 0) is 16.1 Å². The van der Waals surface area contributed by atoms with Crippen molar-refractivity contribution < 1.29 is 9.53 Å². The van der Waals surface area contributed by atoms with Crippen molar-refractivity contribution in [3.05, 3.63) is 32.4 Å². The summed E-state index contributed by atoms with van der Waals surface area (Å²) in [4.78, 5) is 30.7. The topological polar surface area (TPSA) is 73.2 Å². The second-order valence-electron chi connectivity index (χ2n) is 6.40. The molecule has 1 aliphatic rings. The molecule has 0 spiro atoms. The molecule has 1 N–H and O–H groups in total. The number of ketones is 1. The van der Waals surface area contributed by atoms with Gasteiger partial charge in [-0.05, 0) is 60.4 Å². The average Bonchev–Trinajstić information content (AvgIpc) is 2.64. The van der Waals surface area contributed by atoms with E-state index < -0.39 is 0 Å². The summed E-state index contributed by atoms with van der Waals surface area (Å²) in [7, 11) is 1.68. The largest absolute Gasteiger partial charge is 0.380 e. The molecule has 0 bridgehead atoms. The van der Waals surface area contributed by atoms with Gasteiger partial charge >= 0.3 is 0 Å². The lowest BCUT2D eigenvalue weighted by molar-refractivity contribution is -0.121. The minimum atomic E-state index is -0.171. The van der Waals surface area contributed by atoms with Gasteiger partial charge in [-0.3, -0.25) is 14.2 Å². The number of Topliss-reactive ketones (excluding diaryl/α,β-unsaturated/α-hetero) is 1. The molecule has 2 atom stereocenters. The Hall–Kier alpha value is -0.970. The normalized spacial score (nSPS) is 20.4. The summed E-state index contributed by atoms with van der Waals surface area (Å²) in [5.41, 5.74) is 0.490. The molecule has 140 valence electrons. The van der Waals surface area contributed by atoms with Crippen LogP contribution < -0.4 is 10.9 Å². The van der Waals surface area contributed by atoms with Crippen LogP contribution in [-0.4, -0.2) is 47.4 Å². The summed E-state index contributed by atoms with van der Waals surface area (Å²) in [5.74, 6) is 0.00491. The number of carbonyl (C=O) groups is 1. The number of rotatable bonds is 6. The van der Waals surface area contributed by atoms with E-state index in [2.05, 4.69) is 32.9 Å². The van der Waals surface area contributed by atoms with E-state index >= 15 is 0 Å². The first-order valence-corrected chi connectivity index (χ1v) is 10.8. The lowest BCUT2D eigenvalue weighted by Gasteiger charge is -2.31. The molecule has 0 radical (unpaired) electrons. The van der Waals surface area contributed by atoms with Crippen LogP contribution >= 0.6 is 34.4 Å². The first-order chi connectivity index (χ1) is 12.5. The van der Waals surface area contributed by atoms with Crippen molar-refractivity contribution in [1.29, 1.82) is 0 Å².